The molecule has 0 fully saturated rings. The maximum Gasteiger partial charge on any atom is 0.134 e. The molecule has 1 aromatic heterocycles. The summed E-state index contributed by atoms with van der Waals surface area (Å²) in [6.45, 7) is 5.01. The molecule has 1 atom stereocenters. The van der Waals surface area contributed by atoms with Crippen molar-refractivity contribution in [3.63, 3.8) is 0 Å². The van der Waals surface area contributed by atoms with E-state index in [0.29, 0.717) is 0 Å². The zero-order valence-corrected chi connectivity index (χ0v) is 12.7. The van der Waals surface area contributed by atoms with Crippen LogP contribution in [-0.4, -0.2) is 6.54 Å². The number of rotatable bonds is 4. The van der Waals surface area contributed by atoms with E-state index in [-0.39, 0.29) is 11.9 Å². The van der Waals surface area contributed by atoms with E-state index in [1.165, 1.54) is 24.5 Å². The van der Waals surface area contributed by atoms with E-state index in [2.05, 4.69) is 18.3 Å². The fraction of sp³-hybridized carbons (Fsp3) is 0.444. The van der Waals surface area contributed by atoms with Gasteiger partial charge in [0.05, 0.1) is 6.04 Å². The van der Waals surface area contributed by atoms with Crippen molar-refractivity contribution in [3.8, 4) is 0 Å². The Kier molecular flexibility index (Phi) is 4.11. The third-order valence-electron chi connectivity index (χ3n) is 4.30. The zero-order valence-electron chi connectivity index (χ0n) is 12.7. The van der Waals surface area contributed by atoms with Crippen LogP contribution in [0.4, 0.5) is 4.39 Å². The maximum absolute atomic E-state index is 13.5. The quantitative estimate of drug-likeness (QED) is 0.798. The highest BCUT2D eigenvalue weighted by Crippen LogP contribution is 2.36. The number of benzene rings is 1. The van der Waals surface area contributed by atoms with Gasteiger partial charge >= 0.3 is 0 Å². The summed E-state index contributed by atoms with van der Waals surface area (Å²) in [5.41, 5.74) is 3.22. The van der Waals surface area contributed by atoms with E-state index in [1.807, 2.05) is 6.92 Å². The van der Waals surface area contributed by atoms with Crippen LogP contribution in [-0.2, 0) is 0 Å². The second-order valence-corrected chi connectivity index (χ2v) is 5.75. The monoisotopic (exact) mass is 287 g/mol. The van der Waals surface area contributed by atoms with Crippen LogP contribution >= 0.6 is 0 Å². The fourth-order valence-corrected chi connectivity index (χ4v) is 3.21. The molecule has 0 radical (unpaired) electrons. The number of hydrogen-bond acceptors (Lipinski definition) is 2. The van der Waals surface area contributed by atoms with Crippen LogP contribution < -0.4 is 5.32 Å². The van der Waals surface area contributed by atoms with Gasteiger partial charge in [0.1, 0.15) is 17.2 Å². The SMILES string of the molecule is CCNC(C1=CCCCC1)c1oc2ccc(F)cc2c1C. The average Bonchev–Trinajstić information content (AvgIpc) is 2.82. The van der Waals surface area contributed by atoms with Crippen molar-refractivity contribution in [3.05, 3.63) is 47.0 Å². The summed E-state index contributed by atoms with van der Waals surface area (Å²) < 4.78 is 19.5. The van der Waals surface area contributed by atoms with Crippen LogP contribution in [0.3, 0.4) is 0 Å². The molecule has 0 amide bonds. The van der Waals surface area contributed by atoms with Gasteiger partial charge in [0.15, 0.2) is 0 Å². The van der Waals surface area contributed by atoms with Gasteiger partial charge in [-0.05, 0) is 62.9 Å². The highest BCUT2D eigenvalue weighted by atomic mass is 19.1. The van der Waals surface area contributed by atoms with Gasteiger partial charge in [-0.3, -0.25) is 0 Å². The molecule has 0 saturated heterocycles. The molecule has 1 unspecified atom stereocenters. The van der Waals surface area contributed by atoms with Crippen molar-refractivity contribution in [1.82, 2.24) is 5.32 Å². The summed E-state index contributed by atoms with van der Waals surface area (Å²) >= 11 is 0. The number of aryl methyl sites for hydroxylation is 1. The van der Waals surface area contributed by atoms with E-state index in [0.717, 1.165) is 41.7 Å². The van der Waals surface area contributed by atoms with Crippen LogP contribution in [0.5, 0.6) is 0 Å². The molecule has 3 heteroatoms. The summed E-state index contributed by atoms with van der Waals surface area (Å²) in [6.07, 6.45) is 7.10. The Morgan fingerprint density at radius 1 is 1.33 bits per heavy atom. The first-order valence-corrected chi connectivity index (χ1v) is 7.81. The van der Waals surface area contributed by atoms with Crippen LogP contribution in [0.25, 0.3) is 11.0 Å². The Morgan fingerprint density at radius 3 is 2.90 bits per heavy atom. The molecule has 1 N–H and O–H groups in total. The number of likely N-dealkylation sites (N-methyl/N-ethyl adjacent to an activating group) is 1. The van der Waals surface area contributed by atoms with Gasteiger partial charge in [-0.1, -0.05) is 13.0 Å². The molecule has 2 nitrogen and oxygen atoms in total. The van der Waals surface area contributed by atoms with Crippen molar-refractivity contribution in [2.75, 3.05) is 6.54 Å². The lowest BCUT2D eigenvalue weighted by molar-refractivity contribution is 0.453. The third-order valence-corrected chi connectivity index (χ3v) is 4.30. The molecule has 1 aromatic carbocycles. The standard InChI is InChI=1S/C18H22FNO/c1-3-20-17(13-7-5-4-6-8-13)18-12(2)15-11-14(19)9-10-16(15)21-18/h7,9-11,17,20H,3-6,8H2,1-2H3. The van der Waals surface area contributed by atoms with E-state index in [4.69, 9.17) is 4.42 Å². The second-order valence-electron chi connectivity index (χ2n) is 5.75. The van der Waals surface area contributed by atoms with E-state index in [1.54, 1.807) is 12.1 Å². The Labute approximate surface area is 125 Å². The molecule has 0 saturated carbocycles. The summed E-state index contributed by atoms with van der Waals surface area (Å²) in [5.74, 6) is 0.723. The lowest BCUT2D eigenvalue weighted by Gasteiger charge is -2.23. The van der Waals surface area contributed by atoms with E-state index < -0.39 is 0 Å². The first-order chi connectivity index (χ1) is 10.2. The average molecular weight is 287 g/mol. The molecule has 0 spiro atoms. The second kappa shape index (κ2) is 6.02. The Hall–Kier alpha value is -1.61. The largest absolute Gasteiger partial charge is 0.459 e. The molecule has 1 aliphatic rings. The lowest BCUT2D eigenvalue weighted by Crippen LogP contribution is -2.23. The van der Waals surface area contributed by atoms with Gasteiger partial charge in [0.25, 0.3) is 0 Å². The predicted octanol–water partition coefficient (Wildman–Crippen LogP) is 5.03. The number of hydrogen-bond donors (Lipinski definition) is 1. The Bertz CT molecular complexity index is 671. The topological polar surface area (TPSA) is 25.2 Å². The van der Waals surface area contributed by atoms with Crippen LogP contribution in [0.15, 0.2) is 34.3 Å². The smallest absolute Gasteiger partial charge is 0.134 e. The van der Waals surface area contributed by atoms with E-state index in [9.17, 15) is 4.39 Å². The summed E-state index contributed by atoms with van der Waals surface area (Å²) in [4.78, 5) is 0. The maximum atomic E-state index is 13.5. The highest BCUT2D eigenvalue weighted by Gasteiger charge is 2.24. The van der Waals surface area contributed by atoms with Crippen molar-refractivity contribution in [1.29, 1.82) is 0 Å². The number of nitrogens with one attached hydrogen (secondary N) is 1. The van der Waals surface area contributed by atoms with Gasteiger partial charge in [-0.25, -0.2) is 4.39 Å². The van der Waals surface area contributed by atoms with Gasteiger partial charge in [-0.15, -0.1) is 0 Å². The fourth-order valence-electron chi connectivity index (χ4n) is 3.21. The molecule has 1 aliphatic carbocycles. The van der Waals surface area contributed by atoms with Crippen molar-refractivity contribution >= 4 is 11.0 Å². The molecule has 0 aliphatic heterocycles. The number of furan rings is 1. The normalized spacial score (nSPS) is 17.0. The molecule has 21 heavy (non-hydrogen) atoms. The summed E-state index contributed by atoms with van der Waals surface area (Å²) in [5, 5.41) is 4.41. The van der Waals surface area contributed by atoms with Gasteiger partial charge in [0, 0.05) is 10.9 Å². The van der Waals surface area contributed by atoms with Crippen LogP contribution in [0, 0.1) is 12.7 Å². The van der Waals surface area contributed by atoms with Gasteiger partial charge in [0.2, 0.25) is 0 Å². The molecule has 3 rings (SSSR count). The van der Waals surface area contributed by atoms with Crippen molar-refractivity contribution in [2.24, 2.45) is 0 Å². The molecular weight excluding hydrogens is 265 g/mol. The number of halogens is 1. The third kappa shape index (κ3) is 2.75. The minimum Gasteiger partial charge on any atom is -0.459 e. The minimum atomic E-state index is -0.213. The zero-order chi connectivity index (χ0) is 14.8. The Morgan fingerprint density at radius 2 is 2.19 bits per heavy atom. The van der Waals surface area contributed by atoms with Crippen molar-refractivity contribution in [2.45, 2.75) is 45.6 Å². The molecule has 0 bridgehead atoms. The Balaban J connectivity index is 2.06. The first-order valence-electron chi connectivity index (χ1n) is 7.81. The lowest BCUT2D eigenvalue weighted by atomic mass is 9.91. The van der Waals surface area contributed by atoms with Crippen LogP contribution in [0.2, 0.25) is 0 Å². The molecule has 1 heterocycles. The van der Waals surface area contributed by atoms with Gasteiger partial charge in [-0.2, -0.15) is 0 Å². The number of allylic oxidation sites excluding steroid dienone is 1. The molecule has 2 aromatic rings. The number of fused-ring (bicyclic) bond motifs is 1. The first kappa shape index (κ1) is 14.3. The molecular formula is C18H22FNO. The summed E-state index contributed by atoms with van der Waals surface area (Å²) in [6, 6.07) is 4.86. The highest BCUT2D eigenvalue weighted by molar-refractivity contribution is 5.82. The van der Waals surface area contributed by atoms with E-state index >= 15 is 0 Å². The minimum absolute atomic E-state index is 0.116. The predicted molar refractivity (Wildman–Crippen MR) is 83.9 cm³/mol. The van der Waals surface area contributed by atoms with Gasteiger partial charge < -0.3 is 9.73 Å². The van der Waals surface area contributed by atoms with Crippen molar-refractivity contribution < 1.29 is 8.81 Å². The molecule has 112 valence electrons. The summed E-state index contributed by atoms with van der Waals surface area (Å²) in [7, 11) is 0. The van der Waals surface area contributed by atoms with Crippen LogP contribution in [0.1, 0.15) is 50.0 Å².